The zero-order valence-corrected chi connectivity index (χ0v) is 12.0. The highest BCUT2D eigenvalue weighted by Gasteiger charge is 2.14. The maximum Gasteiger partial charge on any atom is 0.253 e. The smallest absolute Gasteiger partial charge is 0.253 e. The van der Waals surface area contributed by atoms with Gasteiger partial charge in [-0.1, -0.05) is 18.2 Å². The van der Waals surface area contributed by atoms with E-state index in [4.69, 9.17) is 10.2 Å². The molecule has 21 heavy (non-hydrogen) atoms. The lowest BCUT2D eigenvalue weighted by molar-refractivity contribution is 0.444. The molecule has 0 aliphatic heterocycles. The van der Waals surface area contributed by atoms with Crippen LogP contribution in [0.1, 0.15) is 23.3 Å². The van der Waals surface area contributed by atoms with Crippen LogP contribution in [0.5, 0.6) is 0 Å². The molecular formula is C16H17N3O2. The summed E-state index contributed by atoms with van der Waals surface area (Å²) in [6, 6.07) is 10.8. The van der Waals surface area contributed by atoms with E-state index in [1.165, 1.54) is 6.07 Å². The fraction of sp³-hybridized carbons (Fsp3) is 0.250. The van der Waals surface area contributed by atoms with Gasteiger partial charge in [0.05, 0.1) is 6.04 Å². The van der Waals surface area contributed by atoms with Gasteiger partial charge in [-0.25, -0.2) is 4.98 Å². The highest BCUT2D eigenvalue weighted by molar-refractivity contribution is 5.77. The van der Waals surface area contributed by atoms with Crippen LogP contribution in [0.2, 0.25) is 0 Å². The van der Waals surface area contributed by atoms with E-state index in [1.807, 2.05) is 30.3 Å². The predicted molar refractivity (Wildman–Crippen MR) is 81.1 cm³/mol. The molecular weight excluding hydrogens is 266 g/mol. The molecule has 0 aliphatic rings. The molecule has 3 rings (SSSR count). The highest BCUT2D eigenvalue weighted by Crippen LogP contribution is 2.23. The minimum absolute atomic E-state index is 0.0911. The van der Waals surface area contributed by atoms with Gasteiger partial charge in [0.2, 0.25) is 0 Å². The molecule has 5 nitrogen and oxygen atoms in total. The maximum atomic E-state index is 12.0. The van der Waals surface area contributed by atoms with Gasteiger partial charge in [0.25, 0.3) is 5.56 Å². The third-order valence-corrected chi connectivity index (χ3v) is 3.52. The van der Waals surface area contributed by atoms with Gasteiger partial charge in [0.1, 0.15) is 17.2 Å². The van der Waals surface area contributed by atoms with Crippen LogP contribution in [-0.4, -0.2) is 9.55 Å². The molecule has 5 heteroatoms. The fourth-order valence-electron chi connectivity index (χ4n) is 2.46. The number of aromatic nitrogens is 2. The van der Waals surface area contributed by atoms with Crippen molar-refractivity contribution in [2.45, 2.75) is 26.4 Å². The summed E-state index contributed by atoms with van der Waals surface area (Å²) in [4.78, 5) is 16.3. The molecule has 1 unspecified atom stereocenters. The van der Waals surface area contributed by atoms with Crippen molar-refractivity contribution in [3.8, 4) is 0 Å². The number of nitrogens with zero attached hydrogens (tertiary/aromatic N) is 2. The zero-order valence-electron chi connectivity index (χ0n) is 12.0. The number of aryl methyl sites for hydroxylation is 2. The second-order valence-corrected chi connectivity index (χ2v) is 5.19. The summed E-state index contributed by atoms with van der Waals surface area (Å²) in [5.41, 5.74) is 7.61. The molecule has 0 saturated carbocycles. The standard InChI is InChI=1S/C16H17N3O2/c1-10-7-16(20)19(11(2)18-10)9-13(17)15-8-12-5-3-4-6-14(12)21-15/h3-8,13H,9,17H2,1-2H3. The van der Waals surface area contributed by atoms with Crippen molar-refractivity contribution in [2.24, 2.45) is 5.73 Å². The Hall–Kier alpha value is -2.40. The number of furan rings is 1. The van der Waals surface area contributed by atoms with Crippen LogP contribution >= 0.6 is 0 Å². The first-order valence-corrected chi connectivity index (χ1v) is 6.84. The quantitative estimate of drug-likeness (QED) is 0.800. The molecule has 0 radical (unpaired) electrons. The molecule has 1 atom stereocenters. The number of nitrogens with two attached hydrogens (primary N) is 1. The molecule has 2 heterocycles. The summed E-state index contributed by atoms with van der Waals surface area (Å²) >= 11 is 0. The Kier molecular flexibility index (Phi) is 3.35. The Morgan fingerprint density at radius 3 is 2.76 bits per heavy atom. The van der Waals surface area contributed by atoms with Crippen LogP contribution < -0.4 is 11.3 Å². The monoisotopic (exact) mass is 283 g/mol. The summed E-state index contributed by atoms with van der Waals surface area (Å²) in [7, 11) is 0. The Labute approximate surface area is 122 Å². The number of hydrogen-bond acceptors (Lipinski definition) is 4. The van der Waals surface area contributed by atoms with Crippen LogP contribution in [0.15, 0.2) is 45.6 Å². The van der Waals surface area contributed by atoms with Crippen molar-refractivity contribution >= 4 is 11.0 Å². The van der Waals surface area contributed by atoms with Crippen LogP contribution in [0, 0.1) is 13.8 Å². The second-order valence-electron chi connectivity index (χ2n) is 5.19. The van der Waals surface area contributed by atoms with Gasteiger partial charge >= 0.3 is 0 Å². The molecule has 1 aromatic carbocycles. The van der Waals surface area contributed by atoms with Gasteiger partial charge in [0, 0.05) is 23.7 Å². The molecule has 0 fully saturated rings. The number of hydrogen-bond donors (Lipinski definition) is 1. The highest BCUT2D eigenvalue weighted by atomic mass is 16.3. The normalized spacial score (nSPS) is 12.7. The third-order valence-electron chi connectivity index (χ3n) is 3.52. The van der Waals surface area contributed by atoms with Gasteiger partial charge in [-0.3, -0.25) is 9.36 Å². The molecule has 3 aromatic rings. The van der Waals surface area contributed by atoms with E-state index < -0.39 is 6.04 Å². The molecule has 0 amide bonds. The van der Waals surface area contributed by atoms with E-state index in [0.717, 1.165) is 11.0 Å². The van der Waals surface area contributed by atoms with Gasteiger partial charge in [-0.15, -0.1) is 0 Å². The lowest BCUT2D eigenvalue weighted by Crippen LogP contribution is -2.29. The van der Waals surface area contributed by atoms with E-state index in [1.54, 1.807) is 18.4 Å². The fourth-order valence-corrected chi connectivity index (χ4v) is 2.46. The van der Waals surface area contributed by atoms with Crippen molar-refractivity contribution < 1.29 is 4.42 Å². The van der Waals surface area contributed by atoms with Gasteiger partial charge in [0.15, 0.2) is 0 Å². The molecule has 0 bridgehead atoms. The average molecular weight is 283 g/mol. The van der Waals surface area contributed by atoms with Crippen molar-refractivity contribution in [2.75, 3.05) is 0 Å². The molecule has 108 valence electrons. The van der Waals surface area contributed by atoms with Crippen LogP contribution in [0.3, 0.4) is 0 Å². The Morgan fingerprint density at radius 2 is 2.05 bits per heavy atom. The first-order chi connectivity index (χ1) is 10.0. The summed E-state index contributed by atoms with van der Waals surface area (Å²) < 4.78 is 7.32. The molecule has 2 aromatic heterocycles. The Morgan fingerprint density at radius 1 is 1.29 bits per heavy atom. The number of para-hydroxylation sites is 1. The minimum atomic E-state index is -0.390. The summed E-state index contributed by atoms with van der Waals surface area (Å²) in [5, 5.41) is 1.01. The van der Waals surface area contributed by atoms with E-state index in [-0.39, 0.29) is 5.56 Å². The van der Waals surface area contributed by atoms with Crippen molar-refractivity contribution in [1.82, 2.24) is 9.55 Å². The zero-order chi connectivity index (χ0) is 15.0. The van der Waals surface area contributed by atoms with Crippen molar-refractivity contribution in [1.29, 1.82) is 0 Å². The van der Waals surface area contributed by atoms with Gasteiger partial charge < -0.3 is 10.2 Å². The SMILES string of the molecule is Cc1cc(=O)n(CC(N)c2cc3ccccc3o2)c(C)n1. The van der Waals surface area contributed by atoms with Crippen LogP contribution in [0.4, 0.5) is 0 Å². The molecule has 2 N–H and O–H groups in total. The first kappa shape index (κ1) is 13.6. The molecule has 0 spiro atoms. The van der Waals surface area contributed by atoms with E-state index in [0.29, 0.717) is 23.8 Å². The second kappa shape index (κ2) is 5.18. The maximum absolute atomic E-state index is 12.0. The minimum Gasteiger partial charge on any atom is -0.459 e. The summed E-state index contributed by atoms with van der Waals surface area (Å²) in [6.45, 7) is 3.95. The topological polar surface area (TPSA) is 74.0 Å². The lowest BCUT2D eigenvalue weighted by Gasteiger charge is -2.13. The van der Waals surface area contributed by atoms with E-state index in [9.17, 15) is 4.79 Å². The van der Waals surface area contributed by atoms with Gasteiger partial charge in [-0.05, 0) is 26.0 Å². The van der Waals surface area contributed by atoms with E-state index >= 15 is 0 Å². The van der Waals surface area contributed by atoms with Crippen molar-refractivity contribution in [3.05, 3.63) is 64.0 Å². The Bertz CT molecular complexity index is 815. The number of rotatable bonds is 3. The molecule has 0 aliphatic carbocycles. The summed E-state index contributed by atoms with van der Waals surface area (Å²) in [5.74, 6) is 1.33. The summed E-state index contributed by atoms with van der Waals surface area (Å²) in [6.07, 6.45) is 0. The predicted octanol–water partition coefficient (Wildman–Crippen LogP) is 2.31. The van der Waals surface area contributed by atoms with E-state index in [2.05, 4.69) is 4.98 Å². The molecule has 0 saturated heterocycles. The lowest BCUT2D eigenvalue weighted by atomic mass is 10.2. The van der Waals surface area contributed by atoms with Gasteiger partial charge in [-0.2, -0.15) is 0 Å². The number of fused-ring (bicyclic) bond motifs is 1. The van der Waals surface area contributed by atoms with Crippen LogP contribution in [0.25, 0.3) is 11.0 Å². The number of benzene rings is 1. The average Bonchev–Trinajstić information content (AvgIpc) is 2.86. The van der Waals surface area contributed by atoms with Crippen molar-refractivity contribution in [3.63, 3.8) is 0 Å². The Balaban J connectivity index is 1.93. The largest absolute Gasteiger partial charge is 0.459 e. The first-order valence-electron chi connectivity index (χ1n) is 6.84. The van der Waals surface area contributed by atoms with Crippen LogP contribution in [-0.2, 0) is 6.54 Å². The third kappa shape index (κ3) is 2.60.